The minimum absolute atomic E-state index is 0.0290. The van der Waals surface area contributed by atoms with Gasteiger partial charge in [-0.15, -0.1) is 0 Å². The van der Waals surface area contributed by atoms with Crippen LogP contribution in [-0.2, 0) is 0 Å². The molecule has 5 heteroatoms. The third-order valence-corrected chi connectivity index (χ3v) is 4.05. The van der Waals surface area contributed by atoms with Gasteiger partial charge in [-0.25, -0.2) is 4.39 Å². The molecule has 1 unspecified atom stereocenters. The van der Waals surface area contributed by atoms with E-state index >= 15 is 0 Å². The molecule has 2 rings (SSSR count). The summed E-state index contributed by atoms with van der Waals surface area (Å²) in [5.74, 6) is -0.491. The lowest BCUT2D eigenvalue weighted by molar-refractivity contribution is 0.624. The molecule has 106 valence electrons. The highest BCUT2D eigenvalue weighted by Gasteiger charge is 2.17. The summed E-state index contributed by atoms with van der Waals surface area (Å²) in [7, 11) is 0. The molecule has 2 aromatic rings. The SMILES string of the molecule is Cc1ccc(Cl)c(NC(C)c2c(Cl)ccc(F)c2Cl)c1. The van der Waals surface area contributed by atoms with Crippen LogP contribution in [0.3, 0.4) is 0 Å². The van der Waals surface area contributed by atoms with E-state index in [1.54, 1.807) is 6.07 Å². The number of aryl methyl sites for hydroxylation is 1. The maximum atomic E-state index is 13.6. The second kappa shape index (κ2) is 6.21. The van der Waals surface area contributed by atoms with Crippen molar-refractivity contribution in [3.8, 4) is 0 Å². The zero-order valence-electron chi connectivity index (χ0n) is 11.0. The van der Waals surface area contributed by atoms with Crippen molar-refractivity contribution in [3.63, 3.8) is 0 Å². The Balaban J connectivity index is 2.35. The lowest BCUT2D eigenvalue weighted by Crippen LogP contribution is -2.09. The van der Waals surface area contributed by atoms with Gasteiger partial charge in [0.05, 0.1) is 21.8 Å². The summed E-state index contributed by atoms with van der Waals surface area (Å²) in [6, 6.07) is 8.11. The maximum Gasteiger partial charge on any atom is 0.142 e. The Morgan fingerprint density at radius 1 is 1.05 bits per heavy atom. The van der Waals surface area contributed by atoms with Crippen molar-refractivity contribution in [2.45, 2.75) is 19.9 Å². The molecule has 0 aliphatic heterocycles. The van der Waals surface area contributed by atoms with Gasteiger partial charge < -0.3 is 5.32 Å². The third-order valence-electron chi connectivity index (χ3n) is 3.01. The van der Waals surface area contributed by atoms with E-state index < -0.39 is 5.82 Å². The first-order valence-corrected chi connectivity index (χ1v) is 7.19. The molecule has 20 heavy (non-hydrogen) atoms. The molecule has 0 saturated carbocycles. The van der Waals surface area contributed by atoms with Crippen molar-refractivity contribution in [1.82, 2.24) is 0 Å². The summed E-state index contributed by atoms with van der Waals surface area (Å²) in [6.07, 6.45) is 0. The highest BCUT2D eigenvalue weighted by atomic mass is 35.5. The number of hydrogen-bond donors (Lipinski definition) is 1. The molecule has 1 N–H and O–H groups in total. The number of rotatable bonds is 3. The van der Waals surface area contributed by atoms with Crippen molar-refractivity contribution in [1.29, 1.82) is 0 Å². The molecule has 0 aromatic heterocycles. The molecule has 0 radical (unpaired) electrons. The monoisotopic (exact) mass is 331 g/mol. The first kappa shape index (κ1) is 15.4. The molecule has 0 amide bonds. The quantitative estimate of drug-likeness (QED) is 0.653. The summed E-state index contributed by atoms with van der Waals surface area (Å²) in [6.45, 7) is 3.82. The fraction of sp³-hybridized carbons (Fsp3) is 0.200. The molecule has 0 aliphatic rings. The fourth-order valence-electron chi connectivity index (χ4n) is 1.99. The Labute approximate surface area is 132 Å². The Morgan fingerprint density at radius 3 is 2.40 bits per heavy atom. The summed E-state index contributed by atoms with van der Waals surface area (Å²) < 4.78 is 13.6. The molecule has 0 spiro atoms. The van der Waals surface area contributed by atoms with Crippen LogP contribution in [0.25, 0.3) is 0 Å². The Morgan fingerprint density at radius 2 is 1.70 bits per heavy atom. The van der Waals surface area contributed by atoms with Gasteiger partial charge in [0.1, 0.15) is 5.82 Å². The van der Waals surface area contributed by atoms with Gasteiger partial charge in [-0.1, -0.05) is 40.9 Å². The summed E-state index contributed by atoms with van der Waals surface area (Å²) in [5, 5.41) is 4.24. The van der Waals surface area contributed by atoms with Crippen LogP contribution in [-0.4, -0.2) is 0 Å². The Bertz CT molecular complexity index is 643. The van der Waals surface area contributed by atoms with Gasteiger partial charge in [0, 0.05) is 10.6 Å². The second-order valence-electron chi connectivity index (χ2n) is 4.61. The first-order valence-electron chi connectivity index (χ1n) is 6.06. The molecule has 1 nitrogen and oxygen atoms in total. The van der Waals surface area contributed by atoms with E-state index in [1.807, 2.05) is 26.0 Å². The molecule has 1 atom stereocenters. The Kier molecular flexibility index (Phi) is 4.79. The number of anilines is 1. The lowest BCUT2D eigenvalue weighted by atomic mass is 10.1. The van der Waals surface area contributed by atoms with E-state index in [9.17, 15) is 4.39 Å². The average molecular weight is 333 g/mol. The van der Waals surface area contributed by atoms with Gasteiger partial charge in [0.25, 0.3) is 0 Å². The largest absolute Gasteiger partial charge is 0.377 e. The van der Waals surface area contributed by atoms with Crippen LogP contribution in [0.5, 0.6) is 0 Å². The number of hydrogen-bond acceptors (Lipinski definition) is 1. The maximum absolute atomic E-state index is 13.6. The van der Waals surface area contributed by atoms with E-state index in [4.69, 9.17) is 34.8 Å². The zero-order valence-corrected chi connectivity index (χ0v) is 13.2. The molecule has 0 saturated heterocycles. The third kappa shape index (κ3) is 3.20. The van der Waals surface area contributed by atoms with Crippen LogP contribution >= 0.6 is 34.8 Å². The van der Waals surface area contributed by atoms with E-state index in [0.29, 0.717) is 15.6 Å². The van der Waals surface area contributed by atoms with Gasteiger partial charge >= 0.3 is 0 Å². The van der Waals surface area contributed by atoms with Crippen LogP contribution < -0.4 is 5.32 Å². The lowest BCUT2D eigenvalue weighted by Gasteiger charge is -2.19. The number of benzene rings is 2. The molecule has 0 bridgehead atoms. The van der Waals surface area contributed by atoms with Gasteiger partial charge in [0.15, 0.2) is 0 Å². The number of nitrogens with one attached hydrogen (secondary N) is 1. The van der Waals surface area contributed by atoms with Crippen molar-refractivity contribution in [2.75, 3.05) is 5.32 Å². The van der Waals surface area contributed by atoms with Crippen LogP contribution in [0.1, 0.15) is 24.1 Å². The minimum Gasteiger partial charge on any atom is -0.377 e. The minimum atomic E-state index is -0.491. The van der Waals surface area contributed by atoms with Crippen molar-refractivity contribution >= 4 is 40.5 Å². The molecule has 0 heterocycles. The van der Waals surface area contributed by atoms with Crippen LogP contribution in [0, 0.1) is 12.7 Å². The van der Waals surface area contributed by atoms with Crippen molar-refractivity contribution in [3.05, 3.63) is 62.3 Å². The molecule has 0 aliphatic carbocycles. The van der Waals surface area contributed by atoms with Crippen molar-refractivity contribution in [2.24, 2.45) is 0 Å². The van der Waals surface area contributed by atoms with Crippen LogP contribution in [0.4, 0.5) is 10.1 Å². The summed E-state index contributed by atoms with van der Waals surface area (Å²) in [4.78, 5) is 0. The van der Waals surface area contributed by atoms with Gasteiger partial charge in [-0.3, -0.25) is 0 Å². The predicted octanol–water partition coefficient (Wildman–Crippen LogP) is 6.27. The van der Waals surface area contributed by atoms with E-state index in [1.165, 1.54) is 12.1 Å². The molecular formula is C15H13Cl3FN. The number of halogens is 4. The van der Waals surface area contributed by atoms with Gasteiger partial charge in [0.2, 0.25) is 0 Å². The normalized spacial score (nSPS) is 12.3. The highest BCUT2D eigenvalue weighted by molar-refractivity contribution is 6.36. The van der Waals surface area contributed by atoms with E-state index in [0.717, 1.165) is 11.3 Å². The Hall–Kier alpha value is -0.960. The van der Waals surface area contributed by atoms with Gasteiger partial charge in [-0.2, -0.15) is 0 Å². The van der Waals surface area contributed by atoms with E-state index in [-0.39, 0.29) is 11.1 Å². The topological polar surface area (TPSA) is 12.0 Å². The highest BCUT2D eigenvalue weighted by Crippen LogP contribution is 2.35. The summed E-state index contributed by atoms with van der Waals surface area (Å²) >= 11 is 18.2. The average Bonchev–Trinajstić information content (AvgIpc) is 2.39. The first-order chi connectivity index (χ1) is 9.40. The smallest absolute Gasteiger partial charge is 0.142 e. The second-order valence-corrected chi connectivity index (χ2v) is 5.80. The standard InChI is InChI=1S/C15H13Cl3FN/c1-8-3-4-10(16)13(7-8)20-9(2)14-11(17)5-6-12(19)15(14)18/h3-7,9,20H,1-2H3. The van der Waals surface area contributed by atoms with Gasteiger partial charge in [-0.05, 0) is 43.7 Å². The van der Waals surface area contributed by atoms with Crippen LogP contribution in [0.15, 0.2) is 30.3 Å². The zero-order chi connectivity index (χ0) is 14.9. The van der Waals surface area contributed by atoms with Crippen molar-refractivity contribution < 1.29 is 4.39 Å². The molecule has 2 aromatic carbocycles. The summed E-state index contributed by atoms with van der Waals surface area (Å²) in [5.41, 5.74) is 2.35. The molecular weight excluding hydrogens is 320 g/mol. The van der Waals surface area contributed by atoms with E-state index in [2.05, 4.69) is 5.32 Å². The predicted molar refractivity (Wildman–Crippen MR) is 84.6 cm³/mol. The molecule has 0 fully saturated rings. The fourth-order valence-corrected chi connectivity index (χ4v) is 2.86. The van der Waals surface area contributed by atoms with Crippen LogP contribution in [0.2, 0.25) is 15.1 Å².